The molecule has 78 valence electrons. The smallest absolute Gasteiger partial charge is 0.181 e. The fourth-order valence-corrected chi connectivity index (χ4v) is 2.22. The van der Waals surface area contributed by atoms with E-state index in [0.717, 1.165) is 28.0 Å². The van der Waals surface area contributed by atoms with Crippen LogP contribution in [0.25, 0.3) is 16.3 Å². The maximum atomic E-state index is 5.64. The summed E-state index contributed by atoms with van der Waals surface area (Å²) in [6, 6.07) is 6.19. The zero-order valence-corrected chi connectivity index (χ0v) is 9.89. The largest absolute Gasteiger partial charge is 0.375 e. The summed E-state index contributed by atoms with van der Waals surface area (Å²) >= 11 is 5.67. The summed E-state index contributed by atoms with van der Waals surface area (Å²) in [6.45, 7) is 0. The standard InChI is InChI=1S/C11H12N2S2/c12-11-13-9-7-8(3-1-2-6-14)4-5-10(9)15-11/h1,3-5,7,14H,2,6H2,(H2,12,13). The Morgan fingerprint density at radius 1 is 1.47 bits per heavy atom. The minimum Gasteiger partial charge on any atom is -0.375 e. The highest BCUT2D eigenvalue weighted by atomic mass is 32.1. The molecular weight excluding hydrogens is 224 g/mol. The number of fused-ring (bicyclic) bond motifs is 1. The fraction of sp³-hybridized carbons (Fsp3) is 0.182. The lowest BCUT2D eigenvalue weighted by molar-refractivity contribution is 1.26. The first-order chi connectivity index (χ1) is 7.29. The molecule has 1 aromatic carbocycles. The van der Waals surface area contributed by atoms with Crippen molar-refractivity contribution in [3.8, 4) is 0 Å². The molecule has 2 nitrogen and oxygen atoms in total. The second-order valence-corrected chi connectivity index (χ2v) is 4.70. The molecular formula is C11H12N2S2. The van der Waals surface area contributed by atoms with E-state index in [2.05, 4.69) is 48.0 Å². The van der Waals surface area contributed by atoms with Gasteiger partial charge >= 0.3 is 0 Å². The number of nitrogens with zero attached hydrogens (tertiary/aromatic N) is 1. The van der Waals surface area contributed by atoms with E-state index in [1.54, 1.807) is 0 Å². The SMILES string of the molecule is Nc1nc2cc(C=CCCS)ccc2s1. The third kappa shape index (κ3) is 2.52. The van der Waals surface area contributed by atoms with Gasteiger partial charge in [0, 0.05) is 0 Å². The number of nitrogens with two attached hydrogens (primary N) is 1. The number of allylic oxidation sites excluding steroid dienone is 1. The average Bonchev–Trinajstić information content (AvgIpc) is 2.57. The number of hydrogen-bond donors (Lipinski definition) is 2. The molecule has 1 heterocycles. The van der Waals surface area contributed by atoms with Crippen LogP contribution >= 0.6 is 24.0 Å². The van der Waals surface area contributed by atoms with E-state index >= 15 is 0 Å². The van der Waals surface area contributed by atoms with E-state index in [0.29, 0.717) is 5.13 Å². The van der Waals surface area contributed by atoms with Crippen LogP contribution in [0.15, 0.2) is 24.3 Å². The van der Waals surface area contributed by atoms with Gasteiger partial charge in [-0.1, -0.05) is 29.6 Å². The molecule has 0 atom stereocenters. The molecule has 0 aliphatic carbocycles. The molecule has 0 amide bonds. The molecule has 0 unspecified atom stereocenters. The normalized spacial score (nSPS) is 11.5. The molecule has 2 aromatic rings. The third-order valence-electron chi connectivity index (χ3n) is 2.03. The Morgan fingerprint density at radius 2 is 2.33 bits per heavy atom. The lowest BCUT2D eigenvalue weighted by Crippen LogP contribution is -1.79. The first-order valence-electron chi connectivity index (χ1n) is 4.73. The van der Waals surface area contributed by atoms with Crippen LogP contribution in [0.4, 0.5) is 5.13 Å². The molecule has 15 heavy (non-hydrogen) atoms. The number of nitrogen functional groups attached to an aromatic ring is 1. The second kappa shape index (κ2) is 4.68. The van der Waals surface area contributed by atoms with Gasteiger partial charge in [-0.15, -0.1) is 0 Å². The number of thiazole rings is 1. The predicted molar refractivity (Wildman–Crippen MR) is 71.5 cm³/mol. The fourth-order valence-electron chi connectivity index (χ4n) is 1.36. The number of benzene rings is 1. The summed E-state index contributed by atoms with van der Waals surface area (Å²) in [5.74, 6) is 0.877. The molecule has 0 saturated heterocycles. The van der Waals surface area contributed by atoms with Crippen molar-refractivity contribution < 1.29 is 0 Å². The molecule has 4 heteroatoms. The van der Waals surface area contributed by atoms with Crippen molar-refractivity contribution in [2.24, 2.45) is 0 Å². The first kappa shape index (κ1) is 10.5. The van der Waals surface area contributed by atoms with E-state index in [9.17, 15) is 0 Å². The minimum absolute atomic E-state index is 0.626. The van der Waals surface area contributed by atoms with Crippen molar-refractivity contribution in [1.82, 2.24) is 4.98 Å². The number of aromatic nitrogens is 1. The zero-order chi connectivity index (χ0) is 10.7. The van der Waals surface area contributed by atoms with Crippen molar-refractivity contribution in [3.05, 3.63) is 29.8 Å². The molecule has 0 aliphatic rings. The molecule has 0 bridgehead atoms. The Labute approximate surface area is 98.2 Å². The molecule has 0 spiro atoms. The highest BCUT2D eigenvalue weighted by molar-refractivity contribution is 7.80. The van der Waals surface area contributed by atoms with Crippen LogP contribution in [0.3, 0.4) is 0 Å². The summed E-state index contributed by atoms with van der Waals surface area (Å²) < 4.78 is 1.14. The Morgan fingerprint density at radius 3 is 3.13 bits per heavy atom. The van der Waals surface area contributed by atoms with Crippen LogP contribution < -0.4 is 5.73 Å². The number of thiol groups is 1. The van der Waals surface area contributed by atoms with Gasteiger partial charge in [0.05, 0.1) is 10.2 Å². The van der Waals surface area contributed by atoms with Gasteiger partial charge in [-0.05, 0) is 29.9 Å². The second-order valence-electron chi connectivity index (χ2n) is 3.19. The molecule has 0 aliphatic heterocycles. The molecule has 0 fully saturated rings. The summed E-state index contributed by atoms with van der Waals surface area (Å²) in [6.07, 6.45) is 5.19. The van der Waals surface area contributed by atoms with E-state index in [1.165, 1.54) is 11.3 Å². The van der Waals surface area contributed by atoms with Crippen molar-refractivity contribution >= 4 is 45.4 Å². The van der Waals surface area contributed by atoms with Gasteiger partial charge in [0.2, 0.25) is 0 Å². The maximum absolute atomic E-state index is 5.64. The van der Waals surface area contributed by atoms with Gasteiger partial charge in [-0.2, -0.15) is 12.6 Å². The quantitative estimate of drug-likeness (QED) is 0.803. The molecule has 0 radical (unpaired) electrons. The highest BCUT2D eigenvalue weighted by Gasteiger charge is 1.99. The van der Waals surface area contributed by atoms with E-state index in [4.69, 9.17) is 5.73 Å². The number of rotatable bonds is 3. The van der Waals surface area contributed by atoms with E-state index in [1.807, 2.05) is 0 Å². The van der Waals surface area contributed by atoms with Gasteiger partial charge in [0.25, 0.3) is 0 Å². The van der Waals surface area contributed by atoms with Gasteiger partial charge in [0.15, 0.2) is 5.13 Å². The summed E-state index contributed by atoms with van der Waals surface area (Å²) in [7, 11) is 0. The Hall–Kier alpha value is -1.00. The summed E-state index contributed by atoms with van der Waals surface area (Å²) in [5.41, 5.74) is 7.78. The molecule has 0 saturated carbocycles. The van der Waals surface area contributed by atoms with E-state index < -0.39 is 0 Å². The summed E-state index contributed by atoms with van der Waals surface area (Å²) in [5, 5.41) is 0.626. The lowest BCUT2D eigenvalue weighted by Gasteiger charge is -1.92. The Kier molecular flexibility index (Phi) is 3.28. The van der Waals surface area contributed by atoms with Crippen LogP contribution in [0.1, 0.15) is 12.0 Å². The van der Waals surface area contributed by atoms with Crippen molar-refractivity contribution in [1.29, 1.82) is 0 Å². The van der Waals surface area contributed by atoms with E-state index in [-0.39, 0.29) is 0 Å². The minimum atomic E-state index is 0.626. The monoisotopic (exact) mass is 236 g/mol. The molecule has 1 aromatic heterocycles. The summed E-state index contributed by atoms with van der Waals surface area (Å²) in [4.78, 5) is 4.25. The van der Waals surface area contributed by atoms with Crippen LogP contribution in [0, 0.1) is 0 Å². The first-order valence-corrected chi connectivity index (χ1v) is 6.18. The van der Waals surface area contributed by atoms with Crippen LogP contribution in [0.2, 0.25) is 0 Å². The van der Waals surface area contributed by atoms with Gasteiger partial charge < -0.3 is 5.73 Å². The van der Waals surface area contributed by atoms with Gasteiger partial charge in [0.1, 0.15) is 0 Å². The van der Waals surface area contributed by atoms with Gasteiger partial charge in [-0.3, -0.25) is 0 Å². The zero-order valence-electron chi connectivity index (χ0n) is 8.18. The average molecular weight is 236 g/mol. The Bertz CT molecular complexity index is 488. The Balaban J connectivity index is 2.30. The molecule has 2 rings (SSSR count). The van der Waals surface area contributed by atoms with Crippen molar-refractivity contribution in [2.75, 3.05) is 11.5 Å². The van der Waals surface area contributed by atoms with Crippen molar-refractivity contribution in [2.45, 2.75) is 6.42 Å². The topological polar surface area (TPSA) is 38.9 Å². The van der Waals surface area contributed by atoms with Crippen LogP contribution in [-0.4, -0.2) is 10.7 Å². The predicted octanol–water partition coefficient (Wildman–Crippen LogP) is 3.21. The number of hydrogen-bond acceptors (Lipinski definition) is 4. The maximum Gasteiger partial charge on any atom is 0.181 e. The van der Waals surface area contributed by atoms with Gasteiger partial charge in [-0.25, -0.2) is 4.98 Å². The van der Waals surface area contributed by atoms with Crippen LogP contribution in [0.5, 0.6) is 0 Å². The lowest BCUT2D eigenvalue weighted by atomic mass is 10.2. The number of anilines is 1. The third-order valence-corrected chi connectivity index (χ3v) is 3.16. The molecule has 2 N–H and O–H groups in total. The highest BCUT2D eigenvalue weighted by Crippen LogP contribution is 2.24. The van der Waals surface area contributed by atoms with Crippen molar-refractivity contribution in [3.63, 3.8) is 0 Å². The van der Waals surface area contributed by atoms with Crippen LogP contribution in [-0.2, 0) is 0 Å².